The number of nitrogens with zero attached hydrogens (tertiary/aromatic N) is 1. The maximum atomic E-state index is 11.8. The van der Waals surface area contributed by atoms with Gasteiger partial charge in [0.1, 0.15) is 0 Å². The Labute approximate surface area is 85.8 Å². The summed E-state index contributed by atoms with van der Waals surface area (Å²) >= 11 is 0. The van der Waals surface area contributed by atoms with E-state index in [1.165, 1.54) is 19.3 Å². The second-order valence-corrected chi connectivity index (χ2v) is 5.22. The van der Waals surface area contributed by atoms with Gasteiger partial charge in [0.25, 0.3) is 0 Å². The van der Waals surface area contributed by atoms with E-state index < -0.39 is 0 Å². The topological polar surface area (TPSA) is 32.3 Å². The maximum Gasteiger partial charge on any atom is 0.317 e. The van der Waals surface area contributed by atoms with Crippen LogP contribution < -0.4 is 5.32 Å². The van der Waals surface area contributed by atoms with Crippen LogP contribution in [0.25, 0.3) is 0 Å². The second kappa shape index (κ2) is 3.44. The lowest BCUT2D eigenvalue weighted by molar-refractivity contribution is 0.107. The van der Waals surface area contributed by atoms with Crippen LogP contribution in [0.3, 0.4) is 0 Å². The van der Waals surface area contributed by atoms with Gasteiger partial charge < -0.3 is 10.2 Å². The normalized spacial score (nSPS) is 29.9. The van der Waals surface area contributed by atoms with E-state index >= 15 is 0 Å². The number of hydrogen-bond donors (Lipinski definition) is 1. The molecule has 2 aliphatic rings. The third-order valence-corrected chi connectivity index (χ3v) is 3.71. The molecule has 0 aromatic heterocycles. The molecular formula is C11H20N2O. The first kappa shape index (κ1) is 9.81. The maximum absolute atomic E-state index is 11.8. The molecule has 1 saturated heterocycles. The highest BCUT2D eigenvalue weighted by molar-refractivity contribution is 5.75. The summed E-state index contributed by atoms with van der Waals surface area (Å²) in [5, 5.41) is 3.14. The molecule has 3 nitrogen and oxygen atoms in total. The van der Waals surface area contributed by atoms with E-state index in [1.807, 2.05) is 4.90 Å². The minimum absolute atomic E-state index is 0.153. The van der Waals surface area contributed by atoms with Gasteiger partial charge in [-0.2, -0.15) is 0 Å². The lowest BCUT2D eigenvalue weighted by atomic mass is 9.67. The number of amides is 2. The van der Waals surface area contributed by atoms with Crippen molar-refractivity contribution in [2.45, 2.75) is 45.6 Å². The molecular weight excluding hydrogens is 176 g/mol. The summed E-state index contributed by atoms with van der Waals surface area (Å²) in [7, 11) is 0. The van der Waals surface area contributed by atoms with E-state index in [1.54, 1.807) is 0 Å². The van der Waals surface area contributed by atoms with Gasteiger partial charge in [-0.1, -0.05) is 13.8 Å². The van der Waals surface area contributed by atoms with Crippen molar-refractivity contribution < 1.29 is 4.79 Å². The van der Waals surface area contributed by atoms with E-state index in [0.29, 0.717) is 11.5 Å². The molecule has 1 unspecified atom stereocenters. The van der Waals surface area contributed by atoms with Crippen LogP contribution >= 0.6 is 0 Å². The molecule has 1 saturated carbocycles. The fourth-order valence-electron chi connectivity index (χ4n) is 2.29. The predicted molar refractivity (Wildman–Crippen MR) is 56.1 cm³/mol. The Morgan fingerprint density at radius 3 is 2.43 bits per heavy atom. The molecule has 14 heavy (non-hydrogen) atoms. The molecule has 0 aromatic rings. The molecule has 80 valence electrons. The van der Waals surface area contributed by atoms with Crippen molar-refractivity contribution in [2.24, 2.45) is 5.41 Å². The van der Waals surface area contributed by atoms with Crippen LogP contribution in [0.15, 0.2) is 0 Å². The highest BCUT2D eigenvalue weighted by atomic mass is 16.2. The molecule has 0 radical (unpaired) electrons. The molecule has 1 aliphatic carbocycles. The number of nitrogens with one attached hydrogen (secondary N) is 1. The molecule has 2 amide bonds. The molecule has 1 aliphatic heterocycles. The molecule has 1 N–H and O–H groups in total. The van der Waals surface area contributed by atoms with E-state index in [-0.39, 0.29) is 6.03 Å². The number of rotatable bonds is 1. The van der Waals surface area contributed by atoms with Crippen LogP contribution in [0.4, 0.5) is 4.79 Å². The van der Waals surface area contributed by atoms with Crippen molar-refractivity contribution in [3.05, 3.63) is 0 Å². The minimum Gasteiger partial charge on any atom is -0.335 e. The molecule has 1 atom stereocenters. The van der Waals surface area contributed by atoms with Gasteiger partial charge in [-0.15, -0.1) is 0 Å². The van der Waals surface area contributed by atoms with Gasteiger partial charge >= 0.3 is 6.03 Å². The van der Waals surface area contributed by atoms with Gasteiger partial charge in [-0.3, -0.25) is 0 Å². The highest BCUT2D eigenvalue weighted by Gasteiger charge is 2.39. The zero-order valence-corrected chi connectivity index (χ0v) is 9.18. The van der Waals surface area contributed by atoms with Crippen LogP contribution in [0.2, 0.25) is 0 Å². The molecule has 0 spiro atoms. The van der Waals surface area contributed by atoms with Crippen LogP contribution in [0.1, 0.15) is 39.5 Å². The number of carbonyl (C=O) groups is 1. The van der Waals surface area contributed by atoms with E-state index in [0.717, 1.165) is 19.5 Å². The quantitative estimate of drug-likeness (QED) is 0.683. The van der Waals surface area contributed by atoms with Gasteiger partial charge in [0.2, 0.25) is 0 Å². The van der Waals surface area contributed by atoms with E-state index in [9.17, 15) is 4.79 Å². The van der Waals surface area contributed by atoms with Crippen molar-refractivity contribution in [1.29, 1.82) is 0 Å². The summed E-state index contributed by atoms with van der Waals surface area (Å²) < 4.78 is 0. The number of urea groups is 1. The molecule has 2 rings (SSSR count). The van der Waals surface area contributed by atoms with Crippen molar-refractivity contribution in [2.75, 3.05) is 13.1 Å². The first-order chi connectivity index (χ1) is 6.59. The standard InChI is InChI=1S/C11H20N2O/c1-11(2)6-5-9(11)12-10(14)13-7-3-4-8-13/h9H,3-8H2,1-2H3,(H,12,14). The predicted octanol–water partition coefficient (Wildman–Crippen LogP) is 1.98. The van der Waals surface area contributed by atoms with Crippen molar-refractivity contribution in [3.63, 3.8) is 0 Å². The molecule has 2 fully saturated rings. The van der Waals surface area contributed by atoms with Gasteiger partial charge in [0.05, 0.1) is 0 Å². The zero-order chi connectivity index (χ0) is 10.2. The smallest absolute Gasteiger partial charge is 0.317 e. The SMILES string of the molecule is CC1(C)CCC1NC(=O)N1CCCC1. The summed E-state index contributed by atoms with van der Waals surface area (Å²) in [4.78, 5) is 13.7. The Balaban J connectivity index is 1.82. The van der Waals surface area contributed by atoms with E-state index in [2.05, 4.69) is 19.2 Å². The average molecular weight is 196 g/mol. The van der Waals surface area contributed by atoms with Crippen molar-refractivity contribution in [3.8, 4) is 0 Å². The monoisotopic (exact) mass is 196 g/mol. The van der Waals surface area contributed by atoms with Gasteiger partial charge in [0.15, 0.2) is 0 Å². The Hall–Kier alpha value is -0.730. The minimum atomic E-state index is 0.153. The summed E-state index contributed by atoms with van der Waals surface area (Å²) in [5.74, 6) is 0. The number of likely N-dealkylation sites (tertiary alicyclic amines) is 1. The van der Waals surface area contributed by atoms with Crippen LogP contribution in [-0.4, -0.2) is 30.1 Å². The van der Waals surface area contributed by atoms with Crippen LogP contribution in [-0.2, 0) is 0 Å². The Kier molecular flexibility index (Phi) is 2.41. The van der Waals surface area contributed by atoms with Crippen molar-refractivity contribution in [1.82, 2.24) is 10.2 Å². The third kappa shape index (κ3) is 1.72. The molecule has 3 heteroatoms. The van der Waals surface area contributed by atoms with Gasteiger partial charge in [0, 0.05) is 19.1 Å². The first-order valence-corrected chi connectivity index (χ1v) is 5.65. The molecule has 0 bridgehead atoms. The summed E-state index contributed by atoms with van der Waals surface area (Å²) in [6.45, 7) is 6.34. The largest absolute Gasteiger partial charge is 0.335 e. The highest BCUT2D eigenvalue weighted by Crippen LogP contribution is 2.39. The lowest BCUT2D eigenvalue weighted by Gasteiger charge is -2.45. The van der Waals surface area contributed by atoms with Crippen LogP contribution in [0.5, 0.6) is 0 Å². The first-order valence-electron chi connectivity index (χ1n) is 5.65. The van der Waals surface area contributed by atoms with Gasteiger partial charge in [-0.05, 0) is 31.1 Å². The third-order valence-electron chi connectivity index (χ3n) is 3.71. The number of hydrogen-bond acceptors (Lipinski definition) is 1. The Bertz CT molecular complexity index is 231. The number of carbonyl (C=O) groups excluding carboxylic acids is 1. The zero-order valence-electron chi connectivity index (χ0n) is 9.18. The summed E-state index contributed by atoms with van der Waals surface area (Å²) in [6, 6.07) is 0.552. The summed E-state index contributed by atoms with van der Waals surface area (Å²) in [5.41, 5.74) is 0.315. The van der Waals surface area contributed by atoms with Crippen LogP contribution in [0, 0.1) is 5.41 Å². The molecule has 0 aromatic carbocycles. The van der Waals surface area contributed by atoms with E-state index in [4.69, 9.17) is 0 Å². The fourth-order valence-corrected chi connectivity index (χ4v) is 2.29. The lowest BCUT2D eigenvalue weighted by Crippen LogP contribution is -2.55. The van der Waals surface area contributed by atoms with Crippen molar-refractivity contribution >= 4 is 6.03 Å². The fraction of sp³-hybridized carbons (Fsp3) is 0.909. The average Bonchev–Trinajstić information content (AvgIpc) is 2.65. The Morgan fingerprint density at radius 2 is 2.00 bits per heavy atom. The summed E-state index contributed by atoms with van der Waals surface area (Å²) in [6.07, 6.45) is 4.72. The Morgan fingerprint density at radius 1 is 1.36 bits per heavy atom. The molecule has 1 heterocycles. The second-order valence-electron chi connectivity index (χ2n) is 5.22. The van der Waals surface area contributed by atoms with Gasteiger partial charge in [-0.25, -0.2) is 4.79 Å².